The van der Waals surface area contributed by atoms with Crippen molar-refractivity contribution in [2.45, 2.75) is 32.3 Å². The minimum Gasteiger partial charge on any atom is -0.385 e. The molecule has 3 rings (SSSR count). The van der Waals surface area contributed by atoms with Gasteiger partial charge in [0.25, 0.3) is 0 Å². The van der Waals surface area contributed by atoms with Gasteiger partial charge in [-0.25, -0.2) is 4.98 Å². The summed E-state index contributed by atoms with van der Waals surface area (Å²) in [5, 5.41) is 12.3. The summed E-state index contributed by atoms with van der Waals surface area (Å²) in [4.78, 5) is 32.7. The molecule has 2 amide bonds. The largest absolute Gasteiger partial charge is 0.385 e. The molecule has 1 unspecified atom stereocenters. The van der Waals surface area contributed by atoms with E-state index in [1.165, 1.54) is 0 Å². The van der Waals surface area contributed by atoms with E-state index in [9.17, 15) is 14.7 Å². The Morgan fingerprint density at radius 2 is 2.30 bits per heavy atom. The quantitative estimate of drug-likeness (QED) is 0.797. The number of hydrogen-bond donors (Lipinski definition) is 3. The summed E-state index contributed by atoms with van der Waals surface area (Å²) < 4.78 is 0. The van der Waals surface area contributed by atoms with Crippen molar-refractivity contribution in [3.63, 3.8) is 0 Å². The van der Waals surface area contributed by atoms with Crippen LogP contribution in [0.25, 0.3) is 11.0 Å². The lowest BCUT2D eigenvalue weighted by molar-refractivity contribution is -0.136. The van der Waals surface area contributed by atoms with E-state index >= 15 is 0 Å². The van der Waals surface area contributed by atoms with Crippen LogP contribution in [0.1, 0.15) is 38.1 Å². The fourth-order valence-electron chi connectivity index (χ4n) is 2.71. The van der Waals surface area contributed by atoms with E-state index < -0.39 is 6.10 Å². The third-order valence-electron chi connectivity index (χ3n) is 3.94. The number of aromatic nitrogens is 2. The summed E-state index contributed by atoms with van der Waals surface area (Å²) in [5.41, 5.74) is 2.10. The van der Waals surface area contributed by atoms with Crippen LogP contribution in [-0.4, -0.2) is 44.9 Å². The fraction of sp³-hybridized carbons (Fsp3) is 0.438. The van der Waals surface area contributed by atoms with Gasteiger partial charge in [-0.1, -0.05) is 0 Å². The van der Waals surface area contributed by atoms with Gasteiger partial charge in [0.05, 0.1) is 17.6 Å². The van der Waals surface area contributed by atoms with E-state index in [0.29, 0.717) is 24.5 Å². The Bertz CT molecular complexity index is 738. The number of H-pyrrole nitrogens is 1. The Labute approximate surface area is 133 Å². The van der Waals surface area contributed by atoms with E-state index in [1.54, 1.807) is 30.0 Å². The minimum atomic E-state index is -0.675. The second-order valence-electron chi connectivity index (χ2n) is 5.85. The van der Waals surface area contributed by atoms with Gasteiger partial charge in [0.1, 0.15) is 11.9 Å². The van der Waals surface area contributed by atoms with Gasteiger partial charge in [-0.15, -0.1) is 0 Å². The number of piperidine rings is 1. The van der Waals surface area contributed by atoms with E-state index in [2.05, 4.69) is 15.3 Å². The van der Waals surface area contributed by atoms with Crippen molar-refractivity contribution in [3.05, 3.63) is 24.0 Å². The second-order valence-corrected chi connectivity index (χ2v) is 5.85. The molecule has 0 bridgehead atoms. The topological polar surface area (TPSA) is 98.3 Å². The number of carbonyl (C=O) groups excluding carboxylic acids is 2. The van der Waals surface area contributed by atoms with Crippen molar-refractivity contribution in [2.24, 2.45) is 0 Å². The van der Waals surface area contributed by atoms with Crippen molar-refractivity contribution in [3.8, 4) is 0 Å². The highest BCUT2D eigenvalue weighted by Crippen LogP contribution is 2.20. The summed E-state index contributed by atoms with van der Waals surface area (Å²) in [6.07, 6.45) is 1.70. The van der Waals surface area contributed by atoms with Crippen molar-refractivity contribution < 1.29 is 14.7 Å². The maximum absolute atomic E-state index is 12.1. The van der Waals surface area contributed by atoms with Crippen LogP contribution < -0.4 is 5.32 Å². The van der Waals surface area contributed by atoms with Crippen LogP contribution in [0.15, 0.2) is 18.2 Å². The number of nitrogens with zero attached hydrogens (tertiary/aromatic N) is 2. The Balaban J connectivity index is 1.68. The highest BCUT2D eigenvalue weighted by molar-refractivity contribution is 5.96. The average Bonchev–Trinajstić information content (AvgIpc) is 2.93. The van der Waals surface area contributed by atoms with Gasteiger partial charge in [-0.3, -0.25) is 9.59 Å². The third-order valence-corrected chi connectivity index (χ3v) is 3.94. The second kappa shape index (κ2) is 6.37. The van der Waals surface area contributed by atoms with E-state index in [-0.39, 0.29) is 18.4 Å². The SMILES string of the molecule is CC(O)c1nc2ccc(NC(=O)CN3CCCCC3=O)cc2[nH]1. The van der Waals surface area contributed by atoms with Crippen molar-refractivity contribution >= 4 is 28.5 Å². The van der Waals surface area contributed by atoms with Crippen LogP contribution in [-0.2, 0) is 9.59 Å². The Hall–Kier alpha value is -2.41. The molecule has 0 radical (unpaired) electrons. The molecule has 1 aromatic carbocycles. The molecular weight excluding hydrogens is 296 g/mol. The van der Waals surface area contributed by atoms with E-state index in [4.69, 9.17) is 0 Å². The van der Waals surface area contributed by atoms with Gasteiger partial charge in [-0.05, 0) is 38.0 Å². The van der Waals surface area contributed by atoms with Crippen molar-refractivity contribution in [1.29, 1.82) is 0 Å². The number of rotatable bonds is 4. The number of aliphatic hydroxyl groups excluding tert-OH is 1. The Kier molecular flexibility index (Phi) is 4.29. The third kappa shape index (κ3) is 3.50. The van der Waals surface area contributed by atoms with Crippen LogP contribution in [0, 0.1) is 0 Å². The molecule has 1 aliphatic rings. The van der Waals surface area contributed by atoms with Crippen molar-refractivity contribution in [2.75, 3.05) is 18.4 Å². The number of aromatic amines is 1. The number of likely N-dealkylation sites (tertiary alicyclic amines) is 1. The number of aliphatic hydroxyl groups is 1. The van der Waals surface area contributed by atoms with Crippen LogP contribution in [0.4, 0.5) is 5.69 Å². The van der Waals surface area contributed by atoms with Gasteiger partial charge < -0.3 is 20.3 Å². The number of anilines is 1. The molecule has 122 valence electrons. The molecule has 1 aliphatic heterocycles. The summed E-state index contributed by atoms with van der Waals surface area (Å²) in [6, 6.07) is 5.30. The molecule has 2 aromatic rings. The highest BCUT2D eigenvalue weighted by atomic mass is 16.3. The monoisotopic (exact) mass is 316 g/mol. The van der Waals surface area contributed by atoms with Crippen LogP contribution in [0.2, 0.25) is 0 Å². The first-order valence-corrected chi connectivity index (χ1v) is 7.78. The first kappa shape index (κ1) is 15.5. The zero-order valence-corrected chi connectivity index (χ0v) is 13.0. The number of fused-ring (bicyclic) bond motifs is 1. The molecule has 1 saturated heterocycles. The first-order chi connectivity index (χ1) is 11.0. The summed E-state index contributed by atoms with van der Waals surface area (Å²) in [5.74, 6) is 0.314. The van der Waals surface area contributed by atoms with Gasteiger partial charge >= 0.3 is 0 Å². The van der Waals surface area contributed by atoms with E-state index in [0.717, 1.165) is 23.9 Å². The molecule has 7 nitrogen and oxygen atoms in total. The molecule has 0 aliphatic carbocycles. The number of benzene rings is 1. The predicted octanol–water partition coefficient (Wildman–Crippen LogP) is 1.57. The normalized spacial score (nSPS) is 16.6. The standard InChI is InChI=1S/C16H20N4O3/c1-10(21)16-18-12-6-5-11(8-13(12)19-16)17-14(22)9-20-7-3-2-4-15(20)23/h5-6,8,10,21H,2-4,7,9H2,1H3,(H,17,22)(H,18,19). The highest BCUT2D eigenvalue weighted by Gasteiger charge is 2.20. The van der Waals surface area contributed by atoms with Crippen molar-refractivity contribution in [1.82, 2.24) is 14.9 Å². The molecule has 23 heavy (non-hydrogen) atoms. The molecule has 0 spiro atoms. The maximum Gasteiger partial charge on any atom is 0.243 e. The van der Waals surface area contributed by atoms with Gasteiger partial charge in [-0.2, -0.15) is 0 Å². The molecule has 1 aromatic heterocycles. The summed E-state index contributed by atoms with van der Waals surface area (Å²) >= 11 is 0. The van der Waals surface area contributed by atoms with E-state index in [1.807, 2.05) is 0 Å². The predicted molar refractivity (Wildman–Crippen MR) is 85.8 cm³/mol. The number of hydrogen-bond acceptors (Lipinski definition) is 4. The zero-order valence-electron chi connectivity index (χ0n) is 13.0. The zero-order chi connectivity index (χ0) is 16.4. The average molecular weight is 316 g/mol. The summed E-state index contributed by atoms with van der Waals surface area (Å²) in [6.45, 7) is 2.36. The number of nitrogens with one attached hydrogen (secondary N) is 2. The molecule has 1 atom stereocenters. The molecule has 0 saturated carbocycles. The number of imidazole rings is 1. The van der Waals surface area contributed by atoms with Gasteiger partial charge in [0.2, 0.25) is 11.8 Å². The summed E-state index contributed by atoms with van der Waals surface area (Å²) in [7, 11) is 0. The molecule has 3 N–H and O–H groups in total. The molecule has 1 fully saturated rings. The number of carbonyl (C=O) groups is 2. The molecule has 7 heteroatoms. The molecule has 2 heterocycles. The fourth-order valence-corrected chi connectivity index (χ4v) is 2.71. The van der Waals surface area contributed by atoms with Crippen LogP contribution >= 0.6 is 0 Å². The maximum atomic E-state index is 12.1. The van der Waals surface area contributed by atoms with Gasteiger partial charge in [0, 0.05) is 18.7 Å². The Morgan fingerprint density at radius 1 is 1.48 bits per heavy atom. The lowest BCUT2D eigenvalue weighted by atomic mass is 10.1. The Morgan fingerprint density at radius 3 is 3.04 bits per heavy atom. The smallest absolute Gasteiger partial charge is 0.243 e. The first-order valence-electron chi connectivity index (χ1n) is 7.78. The molecular formula is C16H20N4O3. The van der Waals surface area contributed by atoms with Crippen LogP contribution in [0.5, 0.6) is 0 Å². The van der Waals surface area contributed by atoms with Crippen LogP contribution in [0.3, 0.4) is 0 Å². The number of amides is 2. The lowest BCUT2D eigenvalue weighted by Gasteiger charge is -2.25. The van der Waals surface area contributed by atoms with Gasteiger partial charge in [0.15, 0.2) is 0 Å². The minimum absolute atomic E-state index is 0.0389. The lowest BCUT2D eigenvalue weighted by Crippen LogP contribution is -2.40.